The van der Waals surface area contributed by atoms with Gasteiger partial charge in [-0.1, -0.05) is 25.8 Å². The normalized spacial score (nSPS) is 11.8. The molecule has 10 nitrogen and oxygen atoms in total. The second-order valence-corrected chi connectivity index (χ2v) is 10.2. The number of aryl methyl sites for hydroxylation is 3. The number of nitrogens with zero attached hydrogens (tertiary/aromatic N) is 7. The van der Waals surface area contributed by atoms with Crippen molar-refractivity contribution < 1.29 is 9.13 Å². The van der Waals surface area contributed by atoms with Crippen molar-refractivity contribution in [2.24, 2.45) is 4.99 Å². The van der Waals surface area contributed by atoms with Crippen LogP contribution in [0.2, 0.25) is 0 Å². The molecule has 0 fully saturated rings. The number of nitrogens with two attached hydrogens (primary N) is 1. The summed E-state index contributed by atoms with van der Waals surface area (Å²) >= 11 is 0. The molecule has 0 saturated heterocycles. The summed E-state index contributed by atoms with van der Waals surface area (Å²) in [5, 5.41) is 3.67. The van der Waals surface area contributed by atoms with Crippen LogP contribution in [-0.4, -0.2) is 48.9 Å². The Morgan fingerprint density at radius 3 is 2.62 bits per heavy atom. The van der Waals surface area contributed by atoms with E-state index in [9.17, 15) is 0 Å². The van der Waals surface area contributed by atoms with E-state index in [4.69, 9.17) is 16.9 Å². The Balaban J connectivity index is 0.000000455. The van der Waals surface area contributed by atoms with Gasteiger partial charge in [-0.2, -0.15) is 0 Å². The van der Waals surface area contributed by atoms with Gasteiger partial charge in [0.2, 0.25) is 0 Å². The Morgan fingerprint density at radius 1 is 1.16 bits per heavy atom. The van der Waals surface area contributed by atoms with Gasteiger partial charge in [0, 0.05) is 48.8 Å². The molecule has 0 aliphatic carbocycles. The lowest BCUT2D eigenvalue weighted by Crippen LogP contribution is -2.19. The fourth-order valence-corrected chi connectivity index (χ4v) is 4.93. The van der Waals surface area contributed by atoms with E-state index in [0.29, 0.717) is 40.7 Å². The van der Waals surface area contributed by atoms with Crippen LogP contribution in [0.1, 0.15) is 51.1 Å². The molecule has 1 aromatic carbocycles. The van der Waals surface area contributed by atoms with Crippen molar-refractivity contribution in [3.05, 3.63) is 71.8 Å². The summed E-state index contributed by atoms with van der Waals surface area (Å²) in [6.45, 7) is 10.7. The van der Waals surface area contributed by atoms with Crippen molar-refractivity contribution in [1.82, 2.24) is 34.8 Å². The number of aliphatic imine (C=N–C) groups is 1. The van der Waals surface area contributed by atoms with Crippen LogP contribution in [0.3, 0.4) is 0 Å². The molecule has 0 radical (unpaired) electrons. The van der Waals surface area contributed by atoms with Crippen LogP contribution >= 0.6 is 0 Å². The fourth-order valence-electron chi connectivity index (χ4n) is 4.93. The molecule has 5 heterocycles. The van der Waals surface area contributed by atoms with Crippen molar-refractivity contribution in [3.63, 3.8) is 0 Å². The van der Waals surface area contributed by atoms with Crippen molar-refractivity contribution in [1.29, 1.82) is 0 Å². The molecule has 45 heavy (non-hydrogen) atoms. The lowest BCUT2D eigenvalue weighted by Gasteiger charge is -2.12. The van der Waals surface area contributed by atoms with E-state index in [2.05, 4.69) is 59.6 Å². The summed E-state index contributed by atoms with van der Waals surface area (Å²) < 4.78 is 23.1. The van der Waals surface area contributed by atoms with Gasteiger partial charge in [-0.25, -0.2) is 29.3 Å². The minimum atomic E-state index is -0.559. The molecular weight excluding hydrogens is 569 g/mol. The van der Waals surface area contributed by atoms with Crippen molar-refractivity contribution in [2.45, 2.75) is 60.0 Å². The Hall–Kier alpha value is -5.37. The molecule has 6 rings (SSSR count). The number of halogens is 1. The Labute approximate surface area is 263 Å². The zero-order valence-electron chi connectivity index (χ0n) is 26.5. The first-order valence-corrected chi connectivity index (χ1v) is 14.8. The van der Waals surface area contributed by atoms with Crippen LogP contribution in [0.15, 0.2) is 54.0 Å². The minimum absolute atomic E-state index is 0.0175. The minimum Gasteiger partial charge on any atom is -0.421 e. The molecule has 11 heteroatoms. The van der Waals surface area contributed by atoms with Crippen LogP contribution in [0.5, 0.6) is 11.8 Å². The standard InChI is InChI=1S/C27H20FN7O.C5H12N2.C2H6/c1-3-18-11-16-5-4-10-35-24(19(16)13-31-18)22(23-25(29)32-14-33-26(23)35)17-6-7-21(20(28)12-17)36-27-30-9-8-15(2)34-27;1-5(2)7-4-6-3;1-2/h1,6-9,11-14H,4-5,10H2,2H3,(H2,29,32,33);4-5H,1-3H3,(H,6,7);1-2H3. The molecule has 0 saturated carbocycles. The average molecular weight is 608 g/mol. The van der Waals surface area contributed by atoms with Crippen molar-refractivity contribution in [2.75, 3.05) is 12.8 Å². The number of anilines is 1. The number of benzene rings is 1. The van der Waals surface area contributed by atoms with Crippen LogP contribution < -0.4 is 15.8 Å². The van der Waals surface area contributed by atoms with E-state index in [1.165, 1.54) is 12.4 Å². The molecule has 0 unspecified atom stereocenters. The lowest BCUT2D eigenvalue weighted by molar-refractivity contribution is 0.410. The predicted molar refractivity (Wildman–Crippen MR) is 178 cm³/mol. The number of fused-ring (bicyclic) bond motifs is 5. The highest BCUT2D eigenvalue weighted by molar-refractivity contribution is 6.08. The monoisotopic (exact) mass is 607 g/mol. The number of ether oxygens (including phenoxy) is 1. The Kier molecular flexibility index (Phi) is 10.8. The van der Waals surface area contributed by atoms with Gasteiger partial charge in [-0.3, -0.25) is 4.99 Å². The number of nitrogen functional groups attached to an aromatic ring is 1. The first kappa shape index (κ1) is 32.5. The van der Waals surface area contributed by atoms with Gasteiger partial charge in [-0.15, -0.1) is 6.42 Å². The number of aromatic nitrogens is 6. The van der Waals surface area contributed by atoms with Crippen LogP contribution in [0, 0.1) is 25.1 Å². The Bertz CT molecular complexity index is 1860. The number of nitrogens with one attached hydrogen (secondary N) is 1. The third-order valence-corrected chi connectivity index (χ3v) is 6.82. The highest BCUT2D eigenvalue weighted by atomic mass is 19.1. The summed E-state index contributed by atoms with van der Waals surface area (Å²) in [5.74, 6) is 2.38. The zero-order valence-corrected chi connectivity index (χ0v) is 26.5. The number of pyridine rings is 1. The van der Waals surface area contributed by atoms with E-state index < -0.39 is 5.82 Å². The van der Waals surface area contributed by atoms with E-state index >= 15 is 4.39 Å². The molecule has 0 spiro atoms. The van der Waals surface area contributed by atoms with Crippen molar-refractivity contribution >= 4 is 23.2 Å². The van der Waals surface area contributed by atoms with Gasteiger partial charge in [0.1, 0.15) is 23.5 Å². The Morgan fingerprint density at radius 2 is 1.96 bits per heavy atom. The van der Waals surface area contributed by atoms with Crippen LogP contribution in [-0.2, 0) is 13.0 Å². The van der Waals surface area contributed by atoms with Gasteiger partial charge < -0.3 is 20.4 Å². The van der Waals surface area contributed by atoms with Crippen LogP contribution in [0.25, 0.3) is 33.4 Å². The molecule has 0 amide bonds. The maximum Gasteiger partial charge on any atom is 0.322 e. The molecule has 0 atom stereocenters. The maximum atomic E-state index is 15.4. The summed E-state index contributed by atoms with van der Waals surface area (Å²) in [4.78, 5) is 25.2. The van der Waals surface area contributed by atoms with Gasteiger partial charge >= 0.3 is 6.01 Å². The topological polar surface area (TPSA) is 129 Å². The summed E-state index contributed by atoms with van der Waals surface area (Å²) in [5.41, 5.74) is 12.5. The molecule has 0 bridgehead atoms. The van der Waals surface area contributed by atoms with E-state index in [1.807, 2.05) is 26.8 Å². The zero-order chi connectivity index (χ0) is 32.5. The van der Waals surface area contributed by atoms with Gasteiger partial charge in [0.25, 0.3) is 0 Å². The predicted octanol–water partition coefficient (Wildman–Crippen LogP) is 6.37. The number of terminal acetylenes is 1. The second-order valence-electron chi connectivity index (χ2n) is 10.2. The quantitative estimate of drug-likeness (QED) is 0.134. The van der Waals surface area contributed by atoms with Crippen LogP contribution in [0.4, 0.5) is 10.2 Å². The third-order valence-electron chi connectivity index (χ3n) is 6.82. The average Bonchev–Trinajstić information content (AvgIpc) is 3.25. The fraction of sp³-hybridized carbons (Fsp3) is 0.294. The largest absolute Gasteiger partial charge is 0.421 e. The first-order valence-electron chi connectivity index (χ1n) is 14.8. The smallest absolute Gasteiger partial charge is 0.322 e. The molecule has 1 aliphatic heterocycles. The molecule has 5 aromatic rings. The van der Waals surface area contributed by atoms with Gasteiger partial charge in [-0.05, 0) is 69.0 Å². The number of hydrogen-bond donors (Lipinski definition) is 2. The molecule has 1 aliphatic rings. The molecule has 232 valence electrons. The maximum absolute atomic E-state index is 15.4. The summed E-state index contributed by atoms with van der Waals surface area (Å²) in [6.07, 6.45) is 13.8. The summed E-state index contributed by atoms with van der Waals surface area (Å²) in [6, 6.07) is 9.01. The van der Waals surface area contributed by atoms with Gasteiger partial charge in [0.15, 0.2) is 11.6 Å². The summed E-state index contributed by atoms with van der Waals surface area (Å²) in [7, 11) is 1.75. The van der Waals surface area contributed by atoms with Gasteiger partial charge in [0.05, 0.1) is 17.4 Å². The van der Waals surface area contributed by atoms with E-state index in [0.717, 1.165) is 40.9 Å². The molecule has 4 aromatic heterocycles. The number of hydrogen-bond acceptors (Lipinski definition) is 8. The van der Waals surface area contributed by atoms with Crippen molar-refractivity contribution in [3.8, 4) is 46.5 Å². The highest BCUT2D eigenvalue weighted by Gasteiger charge is 2.27. The third kappa shape index (κ3) is 7.24. The second kappa shape index (κ2) is 14.9. The SMILES string of the molecule is C#Cc1cc2c(cn1)-c1c(-c3ccc(Oc4nccc(C)n4)c(F)c3)c3c(N)ncnc3n1CCC2.CC.CN=CNC(C)C. The lowest BCUT2D eigenvalue weighted by atomic mass is 9.95. The molecular formula is C34H38FN9O. The van der Waals surface area contributed by atoms with E-state index in [1.54, 1.807) is 44.0 Å². The first-order chi connectivity index (χ1) is 21.8. The highest BCUT2D eigenvalue weighted by Crippen LogP contribution is 2.45. The van der Waals surface area contributed by atoms with E-state index in [-0.39, 0.29) is 11.8 Å². The number of rotatable bonds is 5. The molecule has 3 N–H and O–H groups in total.